The number of aryl methyl sites for hydroxylation is 1. The molecule has 0 fully saturated rings. The quantitative estimate of drug-likeness (QED) is 0.177. The van der Waals surface area contributed by atoms with E-state index in [1.54, 1.807) is 30.0 Å². The van der Waals surface area contributed by atoms with Gasteiger partial charge in [0.2, 0.25) is 0 Å². The van der Waals surface area contributed by atoms with Gasteiger partial charge in [0.25, 0.3) is 0 Å². The summed E-state index contributed by atoms with van der Waals surface area (Å²) in [6.07, 6.45) is 5.78. The van der Waals surface area contributed by atoms with Crippen LogP contribution in [0.25, 0.3) is 0 Å². The number of halogens is 2. The van der Waals surface area contributed by atoms with Crippen molar-refractivity contribution >= 4 is 28.4 Å². The lowest BCUT2D eigenvalue weighted by atomic mass is 10.0. The number of carbonyl (C=O) groups is 1. The Kier molecular flexibility index (Phi) is 7.73. The largest absolute Gasteiger partial charge is 0.289 e. The van der Waals surface area contributed by atoms with Crippen LogP contribution >= 0.6 is 11.8 Å². The molecule has 2 unspecified atom stereocenters. The van der Waals surface area contributed by atoms with Gasteiger partial charge >= 0.3 is 0 Å². The van der Waals surface area contributed by atoms with Crippen LogP contribution in [0, 0.1) is 12.7 Å². The fraction of sp³-hybridized carbons (Fsp3) is 0.0938. The highest BCUT2D eigenvalue weighted by molar-refractivity contribution is 7.99. The van der Waals surface area contributed by atoms with Crippen LogP contribution < -0.4 is 0 Å². The molecule has 0 saturated carbocycles. The van der Waals surface area contributed by atoms with Crippen molar-refractivity contribution < 1.29 is 13.6 Å². The van der Waals surface area contributed by atoms with Gasteiger partial charge in [-0.1, -0.05) is 48.2 Å². The van der Waals surface area contributed by atoms with Gasteiger partial charge in [0, 0.05) is 33.4 Å². The van der Waals surface area contributed by atoms with Gasteiger partial charge in [0.1, 0.15) is 11.6 Å². The number of allylic oxidation sites excluding steroid dienone is 3. The Hall–Kier alpha value is -3.41. The molecule has 2 atom stereocenters. The van der Waals surface area contributed by atoms with Crippen LogP contribution in [-0.4, -0.2) is 11.0 Å². The van der Waals surface area contributed by atoms with E-state index in [-0.39, 0.29) is 22.7 Å². The van der Waals surface area contributed by atoms with E-state index in [0.29, 0.717) is 11.1 Å². The standard InChI is InChI=1S/C32H25F2OS2/c1-22-20-24(32(35)23-6-3-2-4-7-23)10-19-31(22)36-27-13-17-29(18-14-27)37(28-15-11-25(33)12-16-28)30-9-5-8-26(34)21-30/h2-8,10-21,30H,9H2,1H3/q+1. The Morgan fingerprint density at radius 1 is 0.838 bits per heavy atom. The van der Waals surface area contributed by atoms with Crippen LogP contribution in [0.4, 0.5) is 8.78 Å². The van der Waals surface area contributed by atoms with E-state index in [4.69, 9.17) is 0 Å². The Morgan fingerprint density at radius 2 is 1.51 bits per heavy atom. The summed E-state index contributed by atoms with van der Waals surface area (Å²) in [5.74, 6) is -0.496. The summed E-state index contributed by atoms with van der Waals surface area (Å²) in [5.41, 5.74) is 2.39. The molecule has 4 aromatic rings. The summed E-state index contributed by atoms with van der Waals surface area (Å²) in [6.45, 7) is 2.02. The van der Waals surface area contributed by atoms with E-state index in [1.165, 1.54) is 18.2 Å². The monoisotopic (exact) mass is 527 g/mol. The molecule has 37 heavy (non-hydrogen) atoms. The third-order valence-electron chi connectivity index (χ3n) is 6.14. The van der Waals surface area contributed by atoms with Crippen LogP contribution in [0.1, 0.15) is 27.9 Å². The first-order chi connectivity index (χ1) is 18.0. The van der Waals surface area contributed by atoms with E-state index < -0.39 is 10.9 Å². The summed E-state index contributed by atoms with van der Waals surface area (Å²) in [6, 6.07) is 30.0. The second kappa shape index (κ2) is 11.3. The molecule has 4 aromatic carbocycles. The summed E-state index contributed by atoms with van der Waals surface area (Å²) in [7, 11) is -0.433. The van der Waals surface area contributed by atoms with E-state index >= 15 is 0 Å². The Bertz CT molecular complexity index is 1460. The van der Waals surface area contributed by atoms with Gasteiger partial charge < -0.3 is 0 Å². The number of carbonyl (C=O) groups excluding carboxylic acids is 1. The van der Waals surface area contributed by atoms with Crippen LogP contribution in [-0.2, 0) is 10.9 Å². The second-order valence-corrected chi connectivity index (χ2v) is 12.1. The molecular weight excluding hydrogens is 502 g/mol. The number of hydrogen-bond acceptors (Lipinski definition) is 2. The zero-order valence-electron chi connectivity index (χ0n) is 20.2. The molecule has 0 aromatic heterocycles. The van der Waals surface area contributed by atoms with E-state index in [9.17, 15) is 13.6 Å². The van der Waals surface area contributed by atoms with Crippen LogP contribution in [0.5, 0.6) is 0 Å². The minimum Gasteiger partial charge on any atom is -0.289 e. The Balaban J connectivity index is 1.37. The summed E-state index contributed by atoms with van der Waals surface area (Å²) < 4.78 is 27.7. The predicted molar refractivity (Wildman–Crippen MR) is 149 cm³/mol. The molecule has 0 saturated heterocycles. The molecule has 1 aliphatic carbocycles. The third kappa shape index (κ3) is 5.95. The zero-order chi connectivity index (χ0) is 25.8. The molecule has 0 aliphatic heterocycles. The number of rotatable bonds is 7. The molecule has 0 spiro atoms. The first-order valence-electron chi connectivity index (χ1n) is 12.0. The molecule has 5 rings (SSSR count). The molecule has 0 heterocycles. The molecule has 5 heteroatoms. The molecule has 184 valence electrons. The fourth-order valence-electron chi connectivity index (χ4n) is 4.29. The molecule has 0 radical (unpaired) electrons. The SMILES string of the molecule is Cc1cc(C(=O)c2ccccc2)ccc1Sc1ccc([S+](c2ccc(F)cc2)C2C=C(F)C=CC2)cc1. The Labute approximate surface area is 223 Å². The summed E-state index contributed by atoms with van der Waals surface area (Å²) in [5, 5.41) is -0.0223. The van der Waals surface area contributed by atoms with Crippen molar-refractivity contribution in [1.29, 1.82) is 0 Å². The van der Waals surface area contributed by atoms with E-state index in [0.717, 1.165) is 31.6 Å². The maximum absolute atomic E-state index is 14.1. The average molecular weight is 528 g/mol. The molecule has 1 aliphatic rings. The molecule has 0 amide bonds. The third-order valence-corrected chi connectivity index (χ3v) is 9.82. The van der Waals surface area contributed by atoms with Crippen molar-refractivity contribution in [3.63, 3.8) is 0 Å². The van der Waals surface area contributed by atoms with Gasteiger partial charge in [-0.3, -0.25) is 4.79 Å². The lowest BCUT2D eigenvalue weighted by molar-refractivity contribution is 0.103. The minimum absolute atomic E-state index is 0.0143. The van der Waals surface area contributed by atoms with Crippen molar-refractivity contribution in [3.8, 4) is 0 Å². The lowest BCUT2D eigenvalue weighted by Gasteiger charge is -2.17. The van der Waals surface area contributed by atoms with Crippen molar-refractivity contribution in [2.75, 3.05) is 0 Å². The van der Waals surface area contributed by atoms with Gasteiger partial charge in [-0.05, 0) is 85.3 Å². The molecule has 0 N–H and O–H groups in total. The number of benzene rings is 4. The summed E-state index contributed by atoms with van der Waals surface area (Å²) in [4.78, 5) is 17.0. The number of hydrogen-bond donors (Lipinski definition) is 0. The fourth-order valence-corrected chi connectivity index (χ4v) is 7.57. The van der Waals surface area contributed by atoms with Gasteiger partial charge in [-0.15, -0.1) is 0 Å². The first kappa shape index (κ1) is 25.2. The first-order valence-corrected chi connectivity index (χ1v) is 14.1. The maximum atomic E-state index is 14.1. The van der Waals surface area contributed by atoms with E-state index in [2.05, 4.69) is 24.3 Å². The van der Waals surface area contributed by atoms with Gasteiger partial charge in [-0.2, -0.15) is 0 Å². The van der Waals surface area contributed by atoms with Crippen molar-refractivity contribution in [2.45, 2.75) is 38.2 Å². The van der Waals surface area contributed by atoms with Crippen molar-refractivity contribution in [1.82, 2.24) is 0 Å². The number of ketones is 1. The van der Waals surface area contributed by atoms with Crippen LogP contribution in [0.2, 0.25) is 0 Å². The molecule has 0 bridgehead atoms. The topological polar surface area (TPSA) is 17.1 Å². The van der Waals surface area contributed by atoms with Gasteiger partial charge in [0.05, 0.1) is 10.9 Å². The zero-order valence-corrected chi connectivity index (χ0v) is 21.9. The normalized spacial score (nSPS) is 15.8. The van der Waals surface area contributed by atoms with Crippen molar-refractivity contribution in [3.05, 3.63) is 144 Å². The highest BCUT2D eigenvalue weighted by Crippen LogP contribution is 2.36. The lowest BCUT2D eigenvalue weighted by Crippen LogP contribution is -2.21. The van der Waals surface area contributed by atoms with Crippen molar-refractivity contribution in [2.24, 2.45) is 0 Å². The maximum Gasteiger partial charge on any atom is 0.193 e. The predicted octanol–water partition coefficient (Wildman–Crippen LogP) is 8.73. The summed E-state index contributed by atoms with van der Waals surface area (Å²) >= 11 is 1.64. The van der Waals surface area contributed by atoms with Gasteiger partial charge in [-0.25, -0.2) is 8.78 Å². The average Bonchev–Trinajstić information content (AvgIpc) is 2.92. The molecule has 1 nitrogen and oxygen atoms in total. The highest BCUT2D eigenvalue weighted by atomic mass is 32.2. The Morgan fingerprint density at radius 3 is 2.16 bits per heavy atom. The highest BCUT2D eigenvalue weighted by Gasteiger charge is 2.35. The smallest absolute Gasteiger partial charge is 0.193 e. The van der Waals surface area contributed by atoms with E-state index in [1.807, 2.05) is 61.5 Å². The van der Waals surface area contributed by atoms with Crippen LogP contribution in [0.15, 0.2) is 141 Å². The minimum atomic E-state index is -0.433. The van der Waals surface area contributed by atoms with Gasteiger partial charge in [0.15, 0.2) is 20.8 Å². The second-order valence-electron chi connectivity index (χ2n) is 8.77. The van der Waals surface area contributed by atoms with Crippen LogP contribution in [0.3, 0.4) is 0 Å². The molecular formula is C32H25F2OS2+.